The third-order valence-electron chi connectivity index (χ3n) is 7.05. The van der Waals surface area contributed by atoms with Crippen LogP contribution >= 0.6 is 11.3 Å². The predicted molar refractivity (Wildman–Crippen MR) is 162 cm³/mol. The number of hydrogen-bond donors (Lipinski definition) is 0. The van der Waals surface area contributed by atoms with Crippen LogP contribution in [0.15, 0.2) is 89.3 Å². The number of thiophene rings is 1. The molecule has 4 aromatic rings. The van der Waals surface area contributed by atoms with Crippen molar-refractivity contribution in [1.82, 2.24) is 4.40 Å². The summed E-state index contributed by atoms with van der Waals surface area (Å²) >= 11 is 1.62. The molecule has 0 saturated heterocycles. The second-order valence-corrected chi connectivity index (χ2v) is 11.1. The Morgan fingerprint density at radius 1 is 0.927 bits per heavy atom. The molecular weight excluding hydrogens is 528 g/mol. The van der Waals surface area contributed by atoms with Gasteiger partial charge in [-0.1, -0.05) is 24.3 Å². The zero-order valence-corrected chi connectivity index (χ0v) is 23.9. The standard InChI is InChI=1S/C34H26N4O2S/c1-22-30-7-5-6-18-38(30)31(32(22)23-8-10-25(39-4)11-9-23)17-15-27-13-12-26(41-27)14-16-29-28(21-37)33(24(19-35)20-36)40-34(29,2)3/h5-18H,1-4H3/b16-14+,17-15+. The molecular formula is C34H26N4O2S. The number of methoxy groups -OCH3 is 1. The third-order valence-corrected chi connectivity index (χ3v) is 8.06. The van der Waals surface area contributed by atoms with Crippen molar-refractivity contribution in [3.63, 3.8) is 0 Å². The molecule has 3 aromatic heterocycles. The maximum atomic E-state index is 9.78. The molecule has 0 spiro atoms. The van der Waals surface area contributed by atoms with Crippen LogP contribution in [-0.4, -0.2) is 17.1 Å². The predicted octanol–water partition coefficient (Wildman–Crippen LogP) is 8.10. The number of fused-ring (bicyclic) bond motifs is 1. The van der Waals surface area contributed by atoms with Gasteiger partial charge in [-0.15, -0.1) is 11.3 Å². The van der Waals surface area contributed by atoms with E-state index in [1.54, 1.807) is 18.4 Å². The lowest BCUT2D eigenvalue weighted by Gasteiger charge is -2.20. The van der Waals surface area contributed by atoms with Gasteiger partial charge in [-0.25, -0.2) is 0 Å². The van der Waals surface area contributed by atoms with Gasteiger partial charge < -0.3 is 13.9 Å². The van der Waals surface area contributed by atoms with Crippen molar-refractivity contribution in [2.24, 2.45) is 0 Å². The first-order valence-corrected chi connectivity index (χ1v) is 13.7. The lowest BCUT2D eigenvalue weighted by atomic mass is 9.94. The van der Waals surface area contributed by atoms with Crippen LogP contribution < -0.4 is 4.74 Å². The van der Waals surface area contributed by atoms with E-state index in [-0.39, 0.29) is 16.9 Å². The molecule has 0 aliphatic carbocycles. The van der Waals surface area contributed by atoms with Crippen LogP contribution in [0.3, 0.4) is 0 Å². The van der Waals surface area contributed by atoms with Gasteiger partial charge in [0.2, 0.25) is 0 Å². The monoisotopic (exact) mass is 554 g/mol. The van der Waals surface area contributed by atoms with Crippen molar-refractivity contribution in [2.45, 2.75) is 26.4 Å². The molecule has 41 heavy (non-hydrogen) atoms. The van der Waals surface area contributed by atoms with Gasteiger partial charge in [0.25, 0.3) is 0 Å². The highest BCUT2D eigenvalue weighted by Gasteiger charge is 2.38. The number of nitrogens with zero attached hydrogens (tertiary/aromatic N) is 4. The topological polar surface area (TPSA) is 94.2 Å². The van der Waals surface area contributed by atoms with Gasteiger partial charge in [0, 0.05) is 32.6 Å². The second-order valence-electron chi connectivity index (χ2n) is 9.92. The zero-order chi connectivity index (χ0) is 29.1. The Labute approximate surface area is 243 Å². The number of aryl methyl sites for hydroxylation is 1. The van der Waals surface area contributed by atoms with Crippen molar-refractivity contribution < 1.29 is 9.47 Å². The number of pyridine rings is 1. The molecule has 0 unspecified atom stereocenters. The molecule has 200 valence electrons. The lowest BCUT2D eigenvalue weighted by molar-refractivity contribution is 0.0954. The highest BCUT2D eigenvalue weighted by Crippen LogP contribution is 2.41. The van der Waals surface area contributed by atoms with E-state index in [9.17, 15) is 15.8 Å². The minimum atomic E-state index is -0.846. The largest absolute Gasteiger partial charge is 0.497 e. The van der Waals surface area contributed by atoms with Gasteiger partial charge in [-0.2, -0.15) is 15.8 Å². The number of hydrogen-bond acceptors (Lipinski definition) is 6. The van der Waals surface area contributed by atoms with E-state index in [0.717, 1.165) is 32.3 Å². The van der Waals surface area contributed by atoms with E-state index >= 15 is 0 Å². The van der Waals surface area contributed by atoms with Gasteiger partial charge in [0.1, 0.15) is 35.1 Å². The second kappa shape index (κ2) is 11.1. The highest BCUT2D eigenvalue weighted by atomic mass is 32.1. The fourth-order valence-corrected chi connectivity index (χ4v) is 5.86. The van der Waals surface area contributed by atoms with Crippen molar-refractivity contribution in [2.75, 3.05) is 7.11 Å². The zero-order valence-electron chi connectivity index (χ0n) is 23.1. The summed E-state index contributed by atoms with van der Waals surface area (Å²) in [6.45, 7) is 5.78. The molecule has 1 aliphatic heterocycles. The summed E-state index contributed by atoms with van der Waals surface area (Å²) in [5.74, 6) is 0.860. The van der Waals surface area contributed by atoms with Crippen molar-refractivity contribution in [3.8, 4) is 35.1 Å². The number of benzene rings is 1. The fraction of sp³-hybridized carbons (Fsp3) is 0.147. The number of nitriles is 3. The van der Waals surface area contributed by atoms with E-state index < -0.39 is 5.60 Å². The first-order chi connectivity index (χ1) is 19.8. The molecule has 0 fully saturated rings. The summed E-state index contributed by atoms with van der Waals surface area (Å²) in [5.41, 5.74) is 5.53. The molecule has 1 aliphatic rings. The lowest BCUT2D eigenvalue weighted by Crippen LogP contribution is -2.20. The van der Waals surface area contributed by atoms with Crippen molar-refractivity contribution >= 4 is 35.1 Å². The Balaban J connectivity index is 1.49. The van der Waals surface area contributed by atoms with Crippen LogP contribution in [-0.2, 0) is 4.74 Å². The number of allylic oxidation sites excluding steroid dienone is 2. The molecule has 0 N–H and O–H groups in total. The fourth-order valence-electron chi connectivity index (χ4n) is 5.04. The Bertz CT molecular complexity index is 1890. The van der Waals surface area contributed by atoms with Crippen LogP contribution in [0.1, 0.15) is 34.9 Å². The van der Waals surface area contributed by atoms with Gasteiger partial charge in [0.15, 0.2) is 11.3 Å². The Morgan fingerprint density at radius 2 is 1.61 bits per heavy atom. The SMILES string of the molecule is COc1ccc(-c2c(C)c3ccccn3c2/C=C/c2ccc(/C=C/C3=C(C#N)C(=C(C#N)C#N)OC3(C)C)s2)cc1. The van der Waals surface area contributed by atoms with Crippen LogP contribution in [0, 0.1) is 40.9 Å². The summed E-state index contributed by atoms with van der Waals surface area (Å²) in [6.07, 6.45) is 10.1. The van der Waals surface area contributed by atoms with Gasteiger partial charge in [-0.05, 0) is 86.5 Å². The third kappa shape index (κ3) is 5.06. The summed E-state index contributed by atoms with van der Waals surface area (Å²) in [7, 11) is 1.67. The summed E-state index contributed by atoms with van der Waals surface area (Å²) in [6, 6.07) is 24.2. The van der Waals surface area contributed by atoms with E-state index in [1.165, 1.54) is 11.1 Å². The van der Waals surface area contributed by atoms with Gasteiger partial charge in [-0.3, -0.25) is 0 Å². The van der Waals surface area contributed by atoms with Gasteiger partial charge >= 0.3 is 0 Å². The van der Waals surface area contributed by atoms with Crippen LogP contribution in [0.25, 0.3) is 34.9 Å². The van der Waals surface area contributed by atoms with E-state index in [1.807, 2.05) is 62.4 Å². The van der Waals surface area contributed by atoms with Crippen LogP contribution in [0.4, 0.5) is 0 Å². The van der Waals surface area contributed by atoms with Gasteiger partial charge in [0.05, 0.1) is 12.8 Å². The Morgan fingerprint density at radius 3 is 2.24 bits per heavy atom. The van der Waals surface area contributed by atoms with E-state index in [4.69, 9.17) is 9.47 Å². The molecule has 0 saturated carbocycles. The number of ether oxygens (including phenoxy) is 2. The smallest absolute Gasteiger partial charge is 0.172 e. The summed E-state index contributed by atoms with van der Waals surface area (Å²) in [5, 5.41) is 28.4. The maximum absolute atomic E-state index is 9.78. The molecule has 6 nitrogen and oxygen atoms in total. The molecule has 1 aromatic carbocycles. The first kappa shape index (κ1) is 27.3. The molecule has 7 heteroatoms. The summed E-state index contributed by atoms with van der Waals surface area (Å²) < 4.78 is 13.4. The molecule has 4 heterocycles. The normalized spacial score (nSPS) is 14.3. The van der Waals surface area contributed by atoms with E-state index in [2.05, 4.69) is 66.1 Å². The first-order valence-electron chi connectivity index (χ1n) is 12.9. The minimum Gasteiger partial charge on any atom is -0.497 e. The van der Waals surface area contributed by atoms with Crippen molar-refractivity contribution in [1.29, 1.82) is 15.8 Å². The van der Waals surface area contributed by atoms with Crippen LogP contribution in [0.5, 0.6) is 5.75 Å². The number of aromatic nitrogens is 1. The van der Waals surface area contributed by atoms with Crippen molar-refractivity contribution in [3.05, 3.63) is 110 Å². The average molecular weight is 555 g/mol. The minimum absolute atomic E-state index is 0.0410. The summed E-state index contributed by atoms with van der Waals surface area (Å²) in [4.78, 5) is 2.07. The highest BCUT2D eigenvalue weighted by molar-refractivity contribution is 7.13. The van der Waals surface area contributed by atoms with Crippen LogP contribution in [0.2, 0.25) is 0 Å². The molecule has 0 atom stereocenters. The molecule has 5 rings (SSSR count). The molecule has 0 amide bonds. The maximum Gasteiger partial charge on any atom is 0.172 e. The van der Waals surface area contributed by atoms with E-state index in [0.29, 0.717) is 5.57 Å². The molecule has 0 radical (unpaired) electrons. The molecule has 0 bridgehead atoms. The quantitative estimate of drug-likeness (QED) is 0.224. The Kier molecular flexibility index (Phi) is 7.36. The Hall–Kier alpha value is -5.29. The number of rotatable bonds is 6. The average Bonchev–Trinajstić information content (AvgIpc) is 3.63.